The first kappa shape index (κ1) is 19.7. The summed E-state index contributed by atoms with van der Waals surface area (Å²) < 4.78 is 0. The summed E-state index contributed by atoms with van der Waals surface area (Å²) in [6.45, 7) is 0. The van der Waals surface area contributed by atoms with Crippen molar-refractivity contribution in [2.75, 3.05) is 5.32 Å². The summed E-state index contributed by atoms with van der Waals surface area (Å²) in [6, 6.07) is 15.6. The van der Waals surface area contributed by atoms with E-state index < -0.39 is 11.9 Å². The second-order valence-corrected chi connectivity index (χ2v) is 9.78. The molecule has 3 fully saturated rings. The summed E-state index contributed by atoms with van der Waals surface area (Å²) in [5.41, 5.74) is 1.36. The number of carbonyl (C=O) groups excluding carboxylic acids is 3. The van der Waals surface area contributed by atoms with E-state index in [9.17, 15) is 14.4 Å². The van der Waals surface area contributed by atoms with Crippen LogP contribution in [0.3, 0.4) is 0 Å². The molecule has 2 aromatic carbocycles. The molecule has 1 aliphatic heterocycles. The van der Waals surface area contributed by atoms with E-state index in [-0.39, 0.29) is 41.9 Å². The molecule has 1 N–H and O–H groups in total. The third-order valence-electron chi connectivity index (χ3n) is 7.71. The van der Waals surface area contributed by atoms with Crippen LogP contribution in [0.25, 0.3) is 0 Å². The number of amides is 3. The van der Waals surface area contributed by atoms with Crippen molar-refractivity contribution in [2.45, 2.75) is 18.9 Å². The number of hydrogen-bond donors (Lipinski definition) is 1. The molecule has 0 aromatic heterocycles. The van der Waals surface area contributed by atoms with Gasteiger partial charge in [0, 0.05) is 6.42 Å². The van der Waals surface area contributed by atoms with E-state index in [4.69, 9.17) is 11.6 Å². The number of allylic oxidation sites excluding steroid dienone is 2. The first-order valence-electron chi connectivity index (χ1n) is 11.2. The van der Waals surface area contributed by atoms with Gasteiger partial charge in [-0.1, -0.05) is 66.2 Å². The molecule has 2 bridgehead atoms. The summed E-state index contributed by atoms with van der Waals surface area (Å²) in [5, 5.41) is 3.26. The van der Waals surface area contributed by atoms with Gasteiger partial charge in [0.15, 0.2) is 0 Å². The fraction of sp³-hybridized carbons (Fsp3) is 0.346. The standard InChI is InChI=1S/C26H23ClN2O3/c27-19-8-4-5-9-20(19)28-24(30)21(12-14-6-2-1-3-7-14)29-25(31)22-15-10-11-16(18-13-17(15)18)23(22)26(29)32/h1-11,15-18,21-23H,12-13H2,(H,28,30)/t15-,16-,17-,18+,21-,22+,23+/m0/s1. The Labute approximate surface area is 191 Å². The minimum Gasteiger partial charge on any atom is -0.323 e. The Bertz CT molecular complexity index is 1110. The van der Waals surface area contributed by atoms with E-state index in [2.05, 4.69) is 17.5 Å². The first-order valence-corrected chi connectivity index (χ1v) is 11.6. The number of carbonyl (C=O) groups is 3. The molecule has 3 amide bonds. The van der Waals surface area contributed by atoms with Crippen LogP contribution in [-0.4, -0.2) is 28.7 Å². The second kappa shape index (κ2) is 7.31. The highest BCUT2D eigenvalue weighted by molar-refractivity contribution is 6.33. The molecular weight excluding hydrogens is 424 g/mol. The number of para-hydroxylation sites is 1. The number of rotatable bonds is 5. The average molecular weight is 447 g/mol. The van der Waals surface area contributed by atoms with Crippen LogP contribution in [-0.2, 0) is 20.8 Å². The van der Waals surface area contributed by atoms with Gasteiger partial charge in [0.25, 0.3) is 0 Å². The fourth-order valence-electron chi connectivity index (χ4n) is 6.20. The van der Waals surface area contributed by atoms with Gasteiger partial charge in [-0.05, 0) is 47.8 Å². The van der Waals surface area contributed by atoms with Crippen molar-refractivity contribution in [3.8, 4) is 0 Å². The number of nitrogens with one attached hydrogen (secondary N) is 1. The molecule has 6 heteroatoms. The number of likely N-dealkylation sites (tertiary alicyclic amines) is 1. The Morgan fingerprint density at radius 3 is 2.16 bits per heavy atom. The van der Waals surface area contributed by atoms with Crippen molar-refractivity contribution >= 4 is 35.0 Å². The lowest BCUT2D eigenvalue weighted by Gasteiger charge is -2.37. The zero-order valence-electron chi connectivity index (χ0n) is 17.4. The molecule has 0 unspecified atom stereocenters. The fourth-order valence-corrected chi connectivity index (χ4v) is 6.39. The molecule has 5 aliphatic rings. The van der Waals surface area contributed by atoms with Crippen LogP contribution in [0.15, 0.2) is 66.7 Å². The Kier molecular flexibility index (Phi) is 4.51. The molecule has 2 saturated carbocycles. The maximum absolute atomic E-state index is 13.6. The third-order valence-corrected chi connectivity index (χ3v) is 8.04. The van der Waals surface area contributed by atoms with Crippen LogP contribution >= 0.6 is 11.6 Å². The van der Waals surface area contributed by atoms with Crippen LogP contribution in [0.5, 0.6) is 0 Å². The quantitative estimate of drug-likeness (QED) is 0.558. The lowest BCUT2D eigenvalue weighted by atomic mass is 9.63. The Morgan fingerprint density at radius 2 is 1.53 bits per heavy atom. The molecule has 2 aromatic rings. The normalized spacial score (nSPS) is 32.5. The van der Waals surface area contributed by atoms with Crippen molar-refractivity contribution in [3.05, 3.63) is 77.3 Å². The van der Waals surface area contributed by atoms with E-state index in [0.717, 1.165) is 12.0 Å². The molecule has 7 rings (SSSR count). The highest BCUT2D eigenvalue weighted by atomic mass is 35.5. The molecule has 1 heterocycles. The molecular formula is C26H23ClN2O3. The number of hydrogen-bond acceptors (Lipinski definition) is 3. The molecule has 162 valence electrons. The van der Waals surface area contributed by atoms with Crippen LogP contribution in [0.4, 0.5) is 5.69 Å². The highest BCUT2D eigenvalue weighted by Crippen LogP contribution is 2.65. The molecule has 0 spiro atoms. The van der Waals surface area contributed by atoms with Gasteiger partial charge in [-0.25, -0.2) is 0 Å². The lowest BCUT2D eigenvalue weighted by Crippen LogP contribution is -2.49. The summed E-state index contributed by atoms with van der Waals surface area (Å²) in [4.78, 5) is 42.0. The molecule has 7 atom stereocenters. The Hall–Kier alpha value is -2.92. The second-order valence-electron chi connectivity index (χ2n) is 9.38. The van der Waals surface area contributed by atoms with Gasteiger partial charge in [-0.2, -0.15) is 0 Å². The van der Waals surface area contributed by atoms with E-state index in [0.29, 0.717) is 22.5 Å². The van der Waals surface area contributed by atoms with Crippen molar-refractivity contribution in [1.82, 2.24) is 4.90 Å². The van der Waals surface area contributed by atoms with Gasteiger partial charge in [-0.15, -0.1) is 0 Å². The van der Waals surface area contributed by atoms with E-state index in [1.54, 1.807) is 24.3 Å². The number of benzene rings is 2. The Balaban J connectivity index is 1.34. The van der Waals surface area contributed by atoms with Crippen molar-refractivity contribution in [3.63, 3.8) is 0 Å². The molecule has 32 heavy (non-hydrogen) atoms. The largest absolute Gasteiger partial charge is 0.323 e. The molecule has 5 nitrogen and oxygen atoms in total. The van der Waals surface area contributed by atoms with Gasteiger partial charge in [0.05, 0.1) is 22.5 Å². The van der Waals surface area contributed by atoms with Gasteiger partial charge >= 0.3 is 0 Å². The first-order chi connectivity index (χ1) is 15.5. The maximum Gasteiger partial charge on any atom is 0.248 e. The van der Waals surface area contributed by atoms with Gasteiger partial charge < -0.3 is 5.32 Å². The number of halogens is 1. The third kappa shape index (κ3) is 2.95. The lowest BCUT2D eigenvalue weighted by molar-refractivity contribution is -0.146. The summed E-state index contributed by atoms with van der Waals surface area (Å²) in [7, 11) is 0. The van der Waals surface area contributed by atoms with Crippen molar-refractivity contribution in [2.24, 2.45) is 35.5 Å². The monoisotopic (exact) mass is 446 g/mol. The van der Waals surface area contributed by atoms with Crippen LogP contribution in [0.1, 0.15) is 12.0 Å². The predicted molar refractivity (Wildman–Crippen MR) is 121 cm³/mol. The molecule has 1 saturated heterocycles. The minimum absolute atomic E-state index is 0.125. The maximum atomic E-state index is 13.6. The minimum atomic E-state index is -0.921. The average Bonchev–Trinajstić information content (AvgIpc) is 3.58. The van der Waals surface area contributed by atoms with Gasteiger partial charge in [0.1, 0.15) is 6.04 Å². The predicted octanol–water partition coefficient (Wildman–Crippen LogP) is 3.94. The summed E-state index contributed by atoms with van der Waals surface area (Å²) >= 11 is 6.25. The highest BCUT2D eigenvalue weighted by Gasteiger charge is 2.67. The van der Waals surface area contributed by atoms with Crippen molar-refractivity contribution < 1.29 is 14.4 Å². The van der Waals surface area contributed by atoms with Crippen LogP contribution in [0, 0.1) is 35.5 Å². The van der Waals surface area contributed by atoms with E-state index in [1.807, 2.05) is 30.3 Å². The van der Waals surface area contributed by atoms with E-state index in [1.165, 1.54) is 4.90 Å². The Morgan fingerprint density at radius 1 is 0.938 bits per heavy atom. The SMILES string of the molecule is O=C(Nc1ccccc1Cl)[C@H](Cc1ccccc1)N1C(=O)[C@@H]2[C@H]3C=C[C@@H]([C@@H]4C[C@H]34)[C@H]2C1=O. The topological polar surface area (TPSA) is 66.5 Å². The zero-order valence-corrected chi connectivity index (χ0v) is 18.1. The number of nitrogens with zero attached hydrogens (tertiary/aromatic N) is 1. The molecule has 0 radical (unpaired) electrons. The van der Waals surface area contributed by atoms with Crippen molar-refractivity contribution in [1.29, 1.82) is 0 Å². The summed E-state index contributed by atoms with van der Waals surface area (Å²) in [5.74, 6) is -0.145. The van der Waals surface area contributed by atoms with Crippen LogP contribution in [0.2, 0.25) is 5.02 Å². The molecule has 4 aliphatic carbocycles. The van der Waals surface area contributed by atoms with Gasteiger partial charge in [-0.3, -0.25) is 19.3 Å². The zero-order chi connectivity index (χ0) is 22.0. The smallest absolute Gasteiger partial charge is 0.248 e. The van der Waals surface area contributed by atoms with Crippen LogP contribution < -0.4 is 5.32 Å². The summed E-state index contributed by atoms with van der Waals surface area (Å²) in [6.07, 6.45) is 5.66. The number of anilines is 1. The van der Waals surface area contributed by atoms with E-state index >= 15 is 0 Å². The number of imide groups is 1. The van der Waals surface area contributed by atoms with Gasteiger partial charge in [0.2, 0.25) is 17.7 Å².